The van der Waals surface area contributed by atoms with E-state index < -0.39 is 0 Å². The third-order valence-corrected chi connectivity index (χ3v) is 4.25. The van der Waals surface area contributed by atoms with Gasteiger partial charge < -0.3 is 10.6 Å². The Balaban J connectivity index is 1.62. The van der Waals surface area contributed by atoms with Crippen LogP contribution in [-0.2, 0) is 0 Å². The Hall–Kier alpha value is -2.73. The fraction of sp³-hybridized carbons (Fsp3) is 0.150. The zero-order valence-electron chi connectivity index (χ0n) is 14.4. The molecule has 132 valence electrons. The Morgan fingerprint density at radius 2 is 1.81 bits per heavy atom. The highest BCUT2D eigenvalue weighted by molar-refractivity contribution is 9.10. The second-order valence-electron chi connectivity index (χ2n) is 5.74. The van der Waals surface area contributed by atoms with Crippen molar-refractivity contribution in [2.45, 2.75) is 6.92 Å². The molecule has 0 unspecified atom stereocenters. The van der Waals surface area contributed by atoms with E-state index in [-0.39, 0.29) is 5.78 Å². The number of benzene rings is 1. The zero-order valence-corrected chi connectivity index (χ0v) is 16.0. The molecule has 2 N–H and O–H groups in total. The van der Waals surface area contributed by atoms with Crippen LogP contribution in [0.1, 0.15) is 21.7 Å². The number of pyridine rings is 2. The molecule has 0 aliphatic rings. The molecule has 0 fully saturated rings. The Kier molecular flexibility index (Phi) is 5.96. The number of hydrogen-bond acceptors (Lipinski definition) is 5. The molecule has 0 saturated heterocycles. The largest absolute Gasteiger partial charge is 0.383 e. The van der Waals surface area contributed by atoms with Crippen LogP contribution in [0.4, 0.5) is 11.5 Å². The van der Waals surface area contributed by atoms with E-state index in [1.807, 2.05) is 49.4 Å². The number of aryl methyl sites for hydroxylation is 1. The minimum atomic E-state index is -0.137. The first-order valence-electron chi connectivity index (χ1n) is 8.30. The molecule has 0 bridgehead atoms. The van der Waals surface area contributed by atoms with Crippen LogP contribution in [0.25, 0.3) is 0 Å². The van der Waals surface area contributed by atoms with Gasteiger partial charge in [-0.15, -0.1) is 0 Å². The predicted octanol–water partition coefficient (Wildman–Crippen LogP) is 4.30. The van der Waals surface area contributed by atoms with Gasteiger partial charge in [0.25, 0.3) is 0 Å². The number of halogens is 1. The van der Waals surface area contributed by atoms with Gasteiger partial charge in [-0.25, -0.2) is 4.98 Å². The fourth-order valence-electron chi connectivity index (χ4n) is 2.49. The molecule has 3 rings (SSSR count). The summed E-state index contributed by atoms with van der Waals surface area (Å²) in [4.78, 5) is 21.4. The number of para-hydroxylation sites is 1. The Labute approximate surface area is 161 Å². The minimum Gasteiger partial charge on any atom is -0.383 e. The molecule has 6 heteroatoms. The second-order valence-corrected chi connectivity index (χ2v) is 6.66. The molecule has 5 nitrogen and oxygen atoms in total. The summed E-state index contributed by atoms with van der Waals surface area (Å²) in [6, 6.07) is 17.2. The van der Waals surface area contributed by atoms with E-state index in [0.29, 0.717) is 29.3 Å². The molecular weight excluding hydrogens is 392 g/mol. The Bertz CT molecular complexity index is 899. The van der Waals surface area contributed by atoms with E-state index in [1.54, 1.807) is 18.3 Å². The SMILES string of the molecule is Cc1ncc(Br)cc1C(=O)c1cccc(NCCNc2ccccc2)n1. The smallest absolute Gasteiger partial charge is 0.213 e. The molecule has 2 heterocycles. The maximum Gasteiger partial charge on any atom is 0.213 e. The highest BCUT2D eigenvalue weighted by Crippen LogP contribution is 2.17. The summed E-state index contributed by atoms with van der Waals surface area (Å²) >= 11 is 3.36. The molecule has 2 aromatic heterocycles. The van der Waals surface area contributed by atoms with Gasteiger partial charge in [-0.1, -0.05) is 24.3 Å². The number of aromatic nitrogens is 2. The summed E-state index contributed by atoms with van der Waals surface area (Å²) in [6.07, 6.45) is 1.68. The lowest BCUT2D eigenvalue weighted by molar-refractivity contribution is 0.103. The first-order chi connectivity index (χ1) is 12.6. The van der Waals surface area contributed by atoms with Crippen LogP contribution in [0.5, 0.6) is 0 Å². The summed E-state index contributed by atoms with van der Waals surface area (Å²) in [7, 11) is 0. The molecule has 26 heavy (non-hydrogen) atoms. The van der Waals surface area contributed by atoms with Gasteiger partial charge >= 0.3 is 0 Å². The summed E-state index contributed by atoms with van der Waals surface area (Å²) in [5.74, 6) is 0.536. The highest BCUT2D eigenvalue weighted by atomic mass is 79.9. The Morgan fingerprint density at radius 3 is 2.62 bits per heavy atom. The third-order valence-electron chi connectivity index (χ3n) is 3.81. The molecule has 0 spiro atoms. The maximum absolute atomic E-state index is 12.7. The van der Waals surface area contributed by atoms with Crippen LogP contribution in [0.2, 0.25) is 0 Å². The maximum atomic E-state index is 12.7. The van der Waals surface area contributed by atoms with Gasteiger partial charge in [-0.2, -0.15) is 0 Å². The number of hydrogen-bond donors (Lipinski definition) is 2. The third kappa shape index (κ3) is 4.67. The molecule has 0 aliphatic carbocycles. The molecule has 3 aromatic rings. The molecule has 0 aliphatic heterocycles. The van der Waals surface area contributed by atoms with E-state index >= 15 is 0 Å². The van der Waals surface area contributed by atoms with Crippen molar-refractivity contribution in [3.63, 3.8) is 0 Å². The first-order valence-corrected chi connectivity index (χ1v) is 9.09. The summed E-state index contributed by atoms with van der Waals surface area (Å²) in [5, 5.41) is 6.56. The topological polar surface area (TPSA) is 66.9 Å². The molecule has 0 saturated carbocycles. The van der Waals surface area contributed by atoms with E-state index in [0.717, 1.165) is 16.7 Å². The second kappa shape index (κ2) is 8.58. The van der Waals surface area contributed by atoms with E-state index in [1.165, 1.54) is 0 Å². The van der Waals surface area contributed by atoms with Gasteiger partial charge in [-0.05, 0) is 53.2 Å². The van der Waals surface area contributed by atoms with Crippen molar-refractivity contribution in [3.05, 3.63) is 82.2 Å². The van der Waals surface area contributed by atoms with Gasteiger partial charge in [0, 0.05) is 40.7 Å². The van der Waals surface area contributed by atoms with Gasteiger partial charge in [0.1, 0.15) is 11.5 Å². The normalized spacial score (nSPS) is 10.4. The van der Waals surface area contributed by atoms with Crippen molar-refractivity contribution in [2.75, 3.05) is 23.7 Å². The van der Waals surface area contributed by atoms with Gasteiger partial charge in [0.15, 0.2) is 0 Å². The van der Waals surface area contributed by atoms with Crippen molar-refractivity contribution in [2.24, 2.45) is 0 Å². The van der Waals surface area contributed by atoms with Crippen LogP contribution in [0.15, 0.2) is 65.3 Å². The summed E-state index contributed by atoms with van der Waals surface area (Å²) < 4.78 is 0.771. The van der Waals surface area contributed by atoms with Gasteiger partial charge in [-0.3, -0.25) is 9.78 Å². The van der Waals surface area contributed by atoms with Crippen molar-refractivity contribution in [3.8, 4) is 0 Å². The van der Waals surface area contributed by atoms with E-state index in [9.17, 15) is 4.79 Å². The van der Waals surface area contributed by atoms with E-state index in [4.69, 9.17) is 0 Å². The highest BCUT2D eigenvalue weighted by Gasteiger charge is 2.15. The summed E-state index contributed by atoms with van der Waals surface area (Å²) in [5.41, 5.74) is 2.71. The average molecular weight is 411 g/mol. The van der Waals surface area contributed by atoms with Gasteiger partial charge in [0.05, 0.1) is 0 Å². The van der Waals surface area contributed by atoms with Crippen LogP contribution in [-0.4, -0.2) is 28.8 Å². The Morgan fingerprint density at radius 1 is 1.04 bits per heavy atom. The standard InChI is InChI=1S/C20H19BrN4O/c1-14-17(12-15(21)13-24-14)20(26)18-8-5-9-19(25-18)23-11-10-22-16-6-3-2-4-7-16/h2-9,12-13,22H,10-11H2,1H3,(H,23,25). The van der Waals surface area contributed by atoms with Crippen LogP contribution >= 0.6 is 15.9 Å². The molecular formula is C20H19BrN4O. The fourth-order valence-corrected chi connectivity index (χ4v) is 2.82. The number of carbonyl (C=O) groups excluding carboxylic acids is 1. The number of nitrogens with zero attached hydrogens (tertiary/aromatic N) is 2. The molecule has 0 amide bonds. The quantitative estimate of drug-likeness (QED) is 0.448. The number of carbonyl (C=O) groups is 1. The molecule has 0 atom stereocenters. The number of nitrogens with one attached hydrogen (secondary N) is 2. The van der Waals surface area contributed by atoms with Crippen LogP contribution < -0.4 is 10.6 Å². The minimum absolute atomic E-state index is 0.137. The lowest BCUT2D eigenvalue weighted by Gasteiger charge is -2.10. The number of anilines is 2. The lowest BCUT2D eigenvalue weighted by atomic mass is 10.1. The van der Waals surface area contributed by atoms with Crippen LogP contribution in [0, 0.1) is 6.92 Å². The number of ketones is 1. The predicted molar refractivity (Wildman–Crippen MR) is 108 cm³/mol. The molecule has 0 radical (unpaired) electrons. The monoisotopic (exact) mass is 410 g/mol. The zero-order chi connectivity index (χ0) is 18.4. The van der Waals surface area contributed by atoms with Crippen molar-refractivity contribution < 1.29 is 4.79 Å². The lowest BCUT2D eigenvalue weighted by Crippen LogP contribution is -2.15. The summed E-state index contributed by atoms with van der Waals surface area (Å²) in [6.45, 7) is 3.26. The van der Waals surface area contributed by atoms with E-state index in [2.05, 4.69) is 36.5 Å². The van der Waals surface area contributed by atoms with Crippen LogP contribution in [0.3, 0.4) is 0 Å². The average Bonchev–Trinajstić information content (AvgIpc) is 2.68. The van der Waals surface area contributed by atoms with Crippen molar-refractivity contribution in [1.29, 1.82) is 0 Å². The van der Waals surface area contributed by atoms with Crippen molar-refractivity contribution in [1.82, 2.24) is 9.97 Å². The molecule has 1 aromatic carbocycles. The number of rotatable bonds is 7. The first kappa shape index (κ1) is 18.1. The van der Waals surface area contributed by atoms with Crippen molar-refractivity contribution >= 4 is 33.2 Å². The van der Waals surface area contributed by atoms with Gasteiger partial charge in [0.2, 0.25) is 5.78 Å².